The third-order valence-electron chi connectivity index (χ3n) is 4.76. The minimum Gasteiger partial charge on any atom is -0.342 e. The van der Waals surface area contributed by atoms with E-state index in [1.165, 1.54) is 16.9 Å². The molecule has 1 saturated heterocycles. The fourth-order valence-electron chi connectivity index (χ4n) is 3.70. The number of carbonyl (C=O) groups is 1. The van der Waals surface area contributed by atoms with Crippen LogP contribution in [0.1, 0.15) is 48.5 Å². The third kappa shape index (κ3) is 2.77. The van der Waals surface area contributed by atoms with Gasteiger partial charge in [0.05, 0.1) is 5.92 Å². The molecule has 1 aliphatic carbocycles. The number of thiophene rings is 1. The number of likely N-dealkylation sites (tertiary alicyclic amines) is 1. The number of amides is 1. The predicted molar refractivity (Wildman–Crippen MR) is 83.0 cm³/mol. The van der Waals surface area contributed by atoms with Crippen LogP contribution >= 0.6 is 11.3 Å². The van der Waals surface area contributed by atoms with Crippen LogP contribution in [0.5, 0.6) is 0 Å². The average molecular weight is 292 g/mol. The Balaban J connectivity index is 1.70. The first-order chi connectivity index (χ1) is 9.79. The minimum absolute atomic E-state index is 0.127. The summed E-state index contributed by atoms with van der Waals surface area (Å²) in [6, 6.07) is 2.17. The lowest BCUT2D eigenvalue weighted by atomic mass is 9.85. The van der Waals surface area contributed by atoms with Gasteiger partial charge >= 0.3 is 0 Å². The normalized spacial score (nSPS) is 26.4. The van der Waals surface area contributed by atoms with E-state index in [9.17, 15) is 4.79 Å². The first kappa shape index (κ1) is 14.1. The maximum atomic E-state index is 12.9. The topological polar surface area (TPSA) is 46.3 Å². The van der Waals surface area contributed by atoms with Crippen molar-refractivity contribution in [2.45, 2.75) is 44.4 Å². The van der Waals surface area contributed by atoms with Gasteiger partial charge < -0.3 is 10.6 Å². The Labute approximate surface area is 125 Å². The summed E-state index contributed by atoms with van der Waals surface area (Å²) in [7, 11) is 0. The number of aryl methyl sites for hydroxylation is 1. The van der Waals surface area contributed by atoms with E-state index in [2.05, 4.69) is 16.3 Å². The summed E-state index contributed by atoms with van der Waals surface area (Å²) in [4.78, 5) is 16.4. The van der Waals surface area contributed by atoms with Crippen LogP contribution in [0.2, 0.25) is 0 Å². The highest BCUT2D eigenvalue weighted by Gasteiger charge is 2.32. The van der Waals surface area contributed by atoms with Crippen LogP contribution in [0.3, 0.4) is 0 Å². The number of hydrogen-bond donors (Lipinski definition) is 1. The molecule has 1 amide bonds. The van der Waals surface area contributed by atoms with E-state index in [0.29, 0.717) is 11.8 Å². The van der Waals surface area contributed by atoms with Crippen LogP contribution in [-0.4, -0.2) is 30.4 Å². The van der Waals surface area contributed by atoms with Gasteiger partial charge in [-0.2, -0.15) is 0 Å². The first-order valence-electron chi connectivity index (χ1n) is 7.84. The average Bonchev–Trinajstić information content (AvgIpc) is 2.95. The molecular weight excluding hydrogens is 268 g/mol. The Morgan fingerprint density at radius 2 is 2.30 bits per heavy atom. The molecule has 4 heteroatoms. The monoisotopic (exact) mass is 292 g/mol. The molecule has 2 unspecified atom stereocenters. The van der Waals surface area contributed by atoms with Gasteiger partial charge in [0.2, 0.25) is 5.91 Å². The quantitative estimate of drug-likeness (QED) is 0.931. The molecule has 2 atom stereocenters. The lowest BCUT2D eigenvalue weighted by molar-refractivity contribution is -0.135. The van der Waals surface area contributed by atoms with E-state index in [1.807, 2.05) is 11.3 Å². The van der Waals surface area contributed by atoms with Crippen molar-refractivity contribution in [3.05, 3.63) is 21.9 Å². The molecule has 1 aliphatic heterocycles. The van der Waals surface area contributed by atoms with E-state index in [-0.39, 0.29) is 5.92 Å². The maximum Gasteiger partial charge on any atom is 0.230 e. The van der Waals surface area contributed by atoms with Crippen LogP contribution in [0.25, 0.3) is 0 Å². The number of rotatable bonds is 3. The molecule has 0 bridgehead atoms. The zero-order chi connectivity index (χ0) is 13.9. The highest BCUT2D eigenvalue weighted by Crippen LogP contribution is 2.36. The lowest BCUT2D eigenvalue weighted by Gasteiger charge is -2.36. The number of piperidine rings is 1. The lowest BCUT2D eigenvalue weighted by Crippen LogP contribution is -2.43. The predicted octanol–water partition coefficient (Wildman–Crippen LogP) is 2.76. The highest BCUT2D eigenvalue weighted by atomic mass is 32.1. The largest absolute Gasteiger partial charge is 0.342 e. The second-order valence-corrected chi connectivity index (χ2v) is 7.11. The van der Waals surface area contributed by atoms with Crippen molar-refractivity contribution in [2.75, 3.05) is 19.6 Å². The van der Waals surface area contributed by atoms with Crippen molar-refractivity contribution in [3.63, 3.8) is 0 Å². The number of carbonyl (C=O) groups excluding carboxylic acids is 1. The van der Waals surface area contributed by atoms with Crippen LogP contribution in [0.4, 0.5) is 0 Å². The van der Waals surface area contributed by atoms with E-state index in [1.54, 1.807) is 0 Å². The van der Waals surface area contributed by atoms with Crippen LogP contribution in [0.15, 0.2) is 11.4 Å². The van der Waals surface area contributed by atoms with Gasteiger partial charge in [0.15, 0.2) is 0 Å². The smallest absolute Gasteiger partial charge is 0.230 e. The molecule has 1 aromatic rings. The van der Waals surface area contributed by atoms with Crippen molar-refractivity contribution in [3.8, 4) is 0 Å². The second kappa shape index (κ2) is 6.27. The Hall–Kier alpha value is -0.870. The molecular formula is C16H24N2OS. The Bertz CT molecular complexity index is 469. The van der Waals surface area contributed by atoms with Crippen molar-refractivity contribution in [1.29, 1.82) is 0 Å². The van der Waals surface area contributed by atoms with Gasteiger partial charge in [0, 0.05) is 18.0 Å². The molecule has 2 heterocycles. The molecule has 2 N–H and O–H groups in total. The van der Waals surface area contributed by atoms with E-state index < -0.39 is 0 Å². The van der Waals surface area contributed by atoms with Crippen molar-refractivity contribution >= 4 is 17.2 Å². The Kier molecular flexibility index (Phi) is 4.41. The summed E-state index contributed by atoms with van der Waals surface area (Å²) in [5.74, 6) is 1.11. The van der Waals surface area contributed by atoms with Crippen LogP contribution < -0.4 is 5.73 Å². The van der Waals surface area contributed by atoms with Gasteiger partial charge in [0.25, 0.3) is 0 Å². The maximum absolute atomic E-state index is 12.9. The fourth-order valence-corrected chi connectivity index (χ4v) is 4.69. The molecule has 110 valence electrons. The molecule has 1 aromatic heterocycles. The number of nitrogens with two attached hydrogens (primary N) is 1. The summed E-state index contributed by atoms with van der Waals surface area (Å²) in [5, 5.41) is 2.14. The Morgan fingerprint density at radius 3 is 3.15 bits per heavy atom. The van der Waals surface area contributed by atoms with E-state index in [0.717, 1.165) is 51.7 Å². The molecule has 20 heavy (non-hydrogen) atoms. The molecule has 3 nitrogen and oxygen atoms in total. The standard InChI is InChI=1S/C16H24N2OS/c17-8-6-12-3-2-9-18(11-12)16(19)14-4-1-5-15-13(14)7-10-20-15/h7,10,12,14H,1-6,8-9,11,17H2. The molecule has 3 rings (SSSR count). The fraction of sp³-hybridized carbons (Fsp3) is 0.688. The summed E-state index contributed by atoms with van der Waals surface area (Å²) in [6.45, 7) is 2.60. The van der Waals surface area contributed by atoms with E-state index in [4.69, 9.17) is 5.73 Å². The Morgan fingerprint density at radius 1 is 1.40 bits per heavy atom. The third-order valence-corrected chi connectivity index (χ3v) is 5.75. The van der Waals surface area contributed by atoms with Gasteiger partial charge in [-0.15, -0.1) is 11.3 Å². The molecule has 0 saturated carbocycles. The summed E-state index contributed by atoms with van der Waals surface area (Å²) >= 11 is 1.81. The van der Waals surface area contributed by atoms with E-state index >= 15 is 0 Å². The molecule has 1 fully saturated rings. The molecule has 0 spiro atoms. The number of nitrogens with zero attached hydrogens (tertiary/aromatic N) is 1. The second-order valence-electron chi connectivity index (χ2n) is 6.11. The van der Waals surface area contributed by atoms with Crippen LogP contribution in [0, 0.1) is 5.92 Å². The summed E-state index contributed by atoms with van der Waals surface area (Å²) < 4.78 is 0. The number of fused-ring (bicyclic) bond motifs is 1. The number of hydrogen-bond acceptors (Lipinski definition) is 3. The van der Waals surface area contributed by atoms with Crippen molar-refractivity contribution in [2.24, 2.45) is 11.7 Å². The van der Waals surface area contributed by atoms with Crippen molar-refractivity contribution in [1.82, 2.24) is 4.90 Å². The van der Waals surface area contributed by atoms with Gasteiger partial charge in [-0.3, -0.25) is 4.79 Å². The zero-order valence-electron chi connectivity index (χ0n) is 12.0. The molecule has 0 aromatic carbocycles. The summed E-state index contributed by atoms with van der Waals surface area (Å²) in [5.41, 5.74) is 6.98. The highest BCUT2D eigenvalue weighted by molar-refractivity contribution is 7.10. The SMILES string of the molecule is NCCC1CCCN(C(=O)C2CCCc3sccc32)C1. The van der Waals surface area contributed by atoms with Gasteiger partial charge in [-0.25, -0.2) is 0 Å². The van der Waals surface area contributed by atoms with Gasteiger partial charge in [-0.05, 0) is 68.0 Å². The van der Waals surface area contributed by atoms with Gasteiger partial charge in [0.1, 0.15) is 0 Å². The molecule has 2 aliphatic rings. The summed E-state index contributed by atoms with van der Waals surface area (Å²) in [6.07, 6.45) is 6.77. The first-order valence-corrected chi connectivity index (χ1v) is 8.72. The van der Waals surface area contributed by atoms with Crippen LogP contribution in [-0.2, 0) is 11.2 Å². The minimum atomic E-state index is 0.127. The zero-order valence-corrected chi connectivity index (χ0v) is 12.8. The van der Waals surface area contributed by atoms with Gasteiger partial charge in [-0.1, -0.05) is 0 Å². The van der Waals surface area contributed by atoms with Crippen molar-refractivity contribution < 1.29 is 4.79 Å². The molecule has 0 radical (unpaired) electrons.